The summed E-state index contributed by atoms with van der Waals surface area (Å²) in [5.74, 6) is -0.460. The molecule has 1 atom stereocenters. The van der Waals surface area contributed by atoms with E-state index in [-0.39, 0.29) is 31.3 Å². The number of likely N-dealkylation sites (N-methyl/N-ethyl adjacent to an activating group) is 1. The Morgan fingerprint density at radius 1 is 0.900 bits per heavy atom. The van der Waals surface area contributed by atoms with Crippen LogP contribution in [-0.4, -0.2) is 44.8 Å². The molecule has 0 saturated heterocycles. The van der Waals surface area contributed by atoms with Gasteiger partial charge >= 0.3 is 0 Å². The average Bonchev–Trinajstić information content (AvgIpc) is 3.19. The van der Waals surface area contributed by atoms with Gasteiger partial charge < -0.3 is 10.2 Å². The van der Waals surface area contributed by atoms with E-state index in [4.69, 9.17) is 0 Å². The maximum Gasteiger partial charge on any atom is 0.265 e. The third-order valence-electron chi connectivity index (χ3n) is 7.22. The molecule has 1 heterocycles. The fraction of sp³-hybridized carbons (Fsp3) is 0.226. The number of carbonyl (C=O) groups is 2. The molecule has 0 fully saturated rings. The zero-order valence-electron chi connectivity index (χ0n) is 22.1. The number of halogens is 1. The van der Waals surface area contributed by atoms with Crippen LogP contribution in [0.4, 0.5) is 5.69 Å². The van der Waals surface area contributed by atoms with Crippen LogP contribution >= 0.6 is 15.9 Å². The molecule has 0 spiro atoms. The van der Waals surface area contributed by atoms with Gasteiger partial charge in [-0.25, -0.2) is 8.42 Å². The Morgan fingerprint density at radius 2 is 1.60 bits per heavy atom. The van der Waals surface area contributed by atoms with Gasteiger partial charge in [0.15, 0.2) is 0 Å². The zero-order chi connectivity index (χ0) is 28.3. The molecule has 0 aromatic heterocycles. The Bertz CT molecular complexity index is 1640. The molecule has 4 aromatic rings. The minimum Gasteiger partial charge on any atom is -0.357 e. The number of rotatable bonds is 10. The van der Waals surface area contributed by atoms with E-state index in [0.29, 0.717) is 23.4 Å². The van der Waals surface area contributed by atoms with Gasteiger partial charge in [0.25, 0.3) is 10.0 Å². The van der Waals surface area contributed by atoms with Crippen LogP contribution in [-0.2, 0) is 32.6 Å². The van der Waals surface area contributed by atoms with Crippen LogP contribution in [0.15, 0.2) is 100 Å². The summed E-state index contributed by atoms with van der Waals surface area (Å²) in [6.45, 7) is 0.418. The van der Waals surface area contributed by atoms with Crippen molar-refractivity contribution in [2.24, 2.45) is 0 Å². The molecule has 2 amide bonds. The summed E-state index contributed by atoms with van der Waals surface area (Å²) < 4.78 is 29.0. The second kappa shape index (κ2) is 11.8. The van der Waals surface area contributed by atoms with Crippen LogP contribution in [0.25, 0.3) is 10.8 Å². The van der Waals surface area contributed by atoms with Crippen molar-refractivity contribution in [2.45, 2.75) is 36.7 Å². The van der Waals surface area contributed by atoms with Crippen LogP contribution in [0.1, 0.15) is 24.0 Å². The van der Waals surface area contributed by atoms with Crippen molar-refractivity contribution in [1.29, 1.82) is 0 Å². The fourth-order valence-corrected chi connectivity index (χ4v) is 7.24. The van der Waals surface area contributed by atoms with Crippen molar-refractivity contribution in [3.8, 4) is 0 Å². The van der Waals surface area contributed by atoms with Crippen molar-refractivity contribution < 1.29 is 18.0 Å². The molecule has 7 nitrogen and oxygen atoms in total. The van der Waals surface area contributed by atoms with E-state index in [1.807, 2.05) is 72.8 Å². The minimum absolute atomic E-state index is 0.0944. The first kappa shape index (κ1) is 27.9. The van der Waals surface area contributed by atoms with Crippen LogP contribution < -0.4 is 9.62 Å². The van der Waals surface area contributed by atoms with Crippen LogP contribution in [0.5, 0.6) is 0 Å². The maximum atomic E-state index is 13.8. The highest BCUT2D eigenvalue weighted by molar-refractivity contribution is 9.10. The Labute approximate surface area is 243 Å². The second-order valence-electron chi connectivity index (χ2n) is 9.78. The normalized spacial score (nSPS) is 14.2. The second-order valence-corrected chi connectivity index (χ2v) is 12.5. The van der Waals surface area contributed by atoms with Crippen molar-refractivity contribution >= 4 is 54.2 Å². The van der Waals surface area contributed by atoms with E-state index in [1.54, 1.807) is 30.1 Å². The lowest BCUT2D eigenvalue weighted by Gasteiger charge is -2.31. The van der Waals surface area contributed by atoms with Gasteiger partial charge in [0.05, 0.1) is 10.6 Å². The molecule has 0 saturated carbocycles. The molecule has 0 aliphatic carbocycles. The SMILES string of the molecule is CNC(=O)[C@H](Cc1ccccc1)N(Cc1ccc(Br)cc1)C(=O)CCCN1c2cccc3cccc(c23)S1(=O)=O. The lowest BCUT2D eigenvalue weighted by Crippen LogP contribution is -2.49. The summed E-state index contributed by atoms with van der Waals surface area (Å²) in [5, 5.41) is 4.31. The smallest absolute Gasteiger partial charge is 0.265 e. The average molecular weight is 621 g/mol. The molecule has 40 heavy (non-hydrogen) atoms. The molecule has 5 rings (SSSR count). The van der Waals surface area contributed by atoms with Gasteiger partial charge in [-0.05, 0) is 47.2 Å². The molecule has 9 heteroatoms. The summed E-state index contributed by atoms with van der Waals surface area (Å²) in [5.41, 5.74) is 2.47. The van der Waals surface area contributed by atoms with Crippen LogP contribution in [0.3, 0.4) is 0 Å². The Kier molecular flexibility index (Phi) is 8.23. The monoisotopic (exact) mass is 619 g/mol. The van der Waals surface area contributed by atoms with Gasteiger partial charge in [-0.3, -0.25) is 13.9 Å². The number of amides is 2. The highest BCUT2D eigenvalue weighted by Crippen LogP contribution is 2.42. The van der Waals surface area contributed by atoms with E-state index in [2.05, 4.69) is 21.2 Å². The fourth-order valence-electron chi connectivity index (χ4n) is 5.22. The summed E-state index contributed by atoms with van der Waals surface area (Å²) in [7, 11) is -2.14. The lowest BCUT2D eigenvalue weighted by atomic mass is 10.0. The Balaban J connectivity index is 1.37. The van der Waals surface area contributed by atoms with E-state index in [9.17, 15) is 18.0 Å². The molecule has 0 unspecified atom stereocenters. The topological polar surface area (TPSA) is 86.8 Å². The molecule has 1 aliphatic heterocycles. The number of benzene rings is 4. The first-order chi connectivity index (χ1) is 19.3. The van der Waals surface area contributed by atoms with Crippen molar-refractivity contribution in [1.82, 2.24) is 10.2 Å². The van der Waals surface area contributed by atoms with Gasteiger partial charge in [0, 0.05) is 42.8 Å². The summed E-state index contributed by atoms with van der Waals surface area (Å²) in [4.78, 5) is 28.8. The van der Waals surface area contributed by atoms with E-state index < -0.39 is 16.1 Å². The highest BCUT2D eigenvalue weighted by Gasteiger charge is 2.35. The number of anilines is 1. The van der Waals surface area contributed by atoms with Gasteiger partial charge in [-0.15, -0.1) is 0 Å². The number of hydrogen-bond acceptors (Lipinski definition) is 4. The first-order valence-corrected chi connectivity index (χ1v) is 15.4. The molecule has 0 bridgehead atoms. The quantitative estimate of drug-likeness (QED) is 0.262. The number of nitrogens with zero attached hydrogens (tertiary/aromatic N) is 2. The molecule has 0 radical (unpaired) electrons. The standard InChI is InChI=1S/C31H30BrN3O4S/c1-33-31(37)27(20-22-8-3-2-4-9-22)34(21-23-15-17-25(32)18-16-23)29(36)14-7-19-35-26-12-5-10-24-11-6-13-28(30(24)26)40(35,38)39/h2-6,8-13,15-18,27H,7,14,19-21H2,1H3,(H,33,37)/t27-/m0/s1. The first-order valence-electron chi connectivity index (χ1n) is 13.1. The number of nitrogens with one attached hydrogen (secondary N) is 1. The predicted octanol–water partition coefficient (Wildman–Crippen LogP) is 5.28. The van der Waals surface area contributed by atoms with Crippen molar-refractivity contribution in [3.63, 3.8) is 0 Å². The van der Waals surface area contributed by atoms with E-state index in [1.165, 1.54) is 4.31 Å². The van der Waals surface area contributed by atoms with Crippen molar-refractivity contribution in [3.05, 3.63) is 107 Å². The molecular formula is C31H30BrN3O4S. The van der Waals surface area contributed by atoms with Crippen LogP contribution in [0.2, 0.25) is 0 Å². The molecule has 1 N–H and O–H groups in total. The van der Waals surface area contributed by atoms with Gasteiger partial charge in [0.2, 0.25) is 11.8 Å². The van der Waals surface area contributed by atoms with Crippen molar-refractivity contribution in [2.75, 3.05) is 17.9 Å². The van der Waals surface area contributed by atoms with E-state index >= 15 is 0 Å². The number of sulfonamides is 1. The number of carbonyl (C=O) groups excluding carboxylic acids is 2. The van der Waals surface area contributed by atoms with E-state index in [0.717, 1.165) is 26.4 Å². The summed E-state index contributed by atoms with van der Waals surface area (Å²) in [6, 6.07) is 27.4. The Morgan fingerprint density at radius 3 is 2.30 bits per heavy atom. The largest absolute Gasteiger partial charge is 0.357 e. The van der Waals surface area contributed by atoms with Gasteiger partial charge in [0.1, 0.15) is 6.04 Å². The molecular weight excluding hydrogens is 590 g/mol. The molecule has 4 aromatic carbocycles. The lowest BCUT2D eigenvalue weighted by molar-refractivity contribution is -0.141. The summed E-state index contributed by atoms with van der Waals surface area (Å²) in [6.07, 6.45) is 0.767. The maximum absolute atomic E-state index is 13.8. The van der Waals surface area contributed by atoms with Gasteiger partial charge in [-0.2, -0.15) is 0 Å². The number of hydrogen-bond donors (Lipinski definition) is 1. The Hall–Kier alpha value is -3.69. The predicted molar refractivity (Wildman–Crippen MR) is 160 cm³/mol. The molecule has 206 valence electrons. The van der Waals surface area contributed by atoms with Gasteiger partial charge in [-0.1, -0.05) is 82.7 Å². The third kappa shape index (κ3) is 5.62. The third-order valence-corrected chi connectivity index (χ3v) is 9.60. The van der Waals surface area contributed by atoms with Crippen LogP contribution in [0, 0.1) is 0 Å². The molecule has 1 aliphatic rings. The zero-order valence-corrected chi connectivity index (χ0v) is 24.5. The minimum atomic E-state index is -3.70. The highest BCUT2D eigenvalue weighted by atomic mass is 79.9. The summed E-state index contributed by atoms with van der Waals surface area (Å²) >= 11 is 3.45.